The van der Waals surface area contributed by atoms with E-state index >= 15 is 0 Å². The summed E-state index contributed by atoms with van der Waals surface area (Å²) in [6, 6.07) is 3.95. The molecule has 0 spiro atoms. The highest BCUT2D eigenvalue weighted by Crippen LogP contribution is 2.51. The molecule has 3 N–H and O–H groups in total. The van der Waals surface area contributed by atoms with E-state index in [-0.39, 0.29) is 18.0 Å². The van der Waals surface area contributed by atoms with Gasteiger partial charge >= 0.3 is 0 Å². The summed E-state index contributed by atoms with van der Waals surface area (Å²) in [6.45, 7) is 4.17. The van der Waals surface area contributed by atoms with E-state index in [0.29, 0.717) is 23.3 Å². The van der Waals surface area contributed by atoms with E-state index in [4.69, 9.17) is 4.52 Å². The van der Waals surface area contributed by atoms with Crippen LogP contribution in [-0.2, 0) is 6.61 Å². The highest BCUT2D eigenvalue weighted by molar-refractivity contribution is 5.86. The molecule has 8 nitrogen and oxygen atoms in total. The summed E-state index contributed by atoms with van der Waals surface area (Å²) >= 11 is 0. The number of fused-ring (bicyclic) bond motifs is 3. The molecule has 3 aromatic heterocycles. The summed E-state index contributed by atoms with van der Waals surface area (Å²) in [7, 11) is 0. The molecule has 0 aromatic carbocycles. The number of anilines is 1. The van der Waals surface area contributed by atoms with Gasteiger partial charge in [-0.05, 0) is 56.1 Å². The van der Waals surface area contributed by atoms with Gasteiger partial charge in [-0.3, -0.25) is 0 Å². The molecule has 2 aliphatic carbocycles. The Labute approximate surface area is 168 Å². The third-order valence-electron chi connectivity index (χ3n) is 6.40. The summed E-state index contributed by atoms with van der Waals surface area (Å²) in [5, 5.41) is 32.7. The molecule has 2 aliphatic rings. The van der Waals surface area contributed by atoms with Gasteiger partial charge in [0.15, 0.2) is 5.82 Å². The smallest absolute Gasteiger partial charge is 0.261 e. The lowest BCUT2D eigenvalue weighted by Gasteiger charge is -2.54. The molecule has 0 radical (unpaired) electrons. The molecule has 0 saturated heterocycles. The van der Waals surface area contributed by atoms with Crippen LogP contribution in [0.3, 0.4) is 0 Å². The molecule has 3 heterocycles. The van der Waals surface area contributed by atoms with Crippen molar-refractivity contribution in [2.24, 2.45) is 11.8 Å². The van der Waals surface area contributed by atoms with Crippen molar-refractivity contribution in [3.05, 3.63) is 30.4 Å². The maximum Gasteiger partial charge on any atom is 0.261 e. The molecule has 4 atom stereocenters. The van der Waals surface area contributed by atoms with Crippen molar-refractivity contribution in [2.45, 2.75) is 63.7 Å². The van der Waals surface area contributed by atoms with Gasteiger partial charge in [-0.1, -0.05) is 19.0 Å². The van der Waals surface area contributed by atoms with Crippen LogP contribution in [0, 0.1) is 11.8 Å². The lowest BCUT2D eigenvalue weighted by molar-refractivity contribution is -0.0838. The number of nitrogens with zero attached hydrogens (tertiary/aromatic N) is 4. The van der Waals surface area contributed by atoms with Crippen molar-refractivity contribution >= 4 is 11.2 Å². The zero-order chi connectivity index (χ0) is 20.2. The van der Waals surface area contributed by atoms with Crippen molar-refractivity contribution < 1.29 is 14.7 Å². The monoisotopic (exact) mass is 397 g/mol. The Hall–Kier alpha value is -2.45. The van der Waals surface area contributed by atoms with Gasteiger partial charge in [0, 0.05) is 11.7 Å². The second-order valence-corrected chi connectivity index (χ2v) is 9.28. The summed E-state index contributed by atoms with van der Waals surface area (Å²) in [5.41, 5.74) is 1.68. The van der Waals surface area contributed by atoms with Crippen LogP contribution in [0.15, 0.2) is 29.0 Å². The van der Waals surface area contributed by atoms with Gasteiger partial charge in [-0.2, -0.15) is 10.1 Å². The minimum Gasteiger partial charge on any atom is -0.390 e. The minimum absolute atomic E-state index is 0.204. The van der Waals surface area contributed by atoms with E-state index in [1.807, 2.05) is 22.8 Å². The summed E-state index contributed by atoms with van der Waals surface area (Å²) in [5.74, 6) is 1.44. The van der Waals surface area contributed by atoms with Gasteiger partial charge < -0.3 is 20.1 Å². The standard InChI is InChI=1S/C21H27N5O3/c1-13-6-20(7-14(2)9-21(28,8-13)12-20)24-18-15(19-23-17(11-27)25-29-19)10-22-26-5-3-4-16(18)26/h3-5,10,13-14,24,27-28H,6-9,11-12H2,1-2H3/t13-,14+,20?,21?. The molecule has 2 bridgehead atoms. The summed E-state index contributed by atoms with van der Waals surface area (Å²) in [4.78, 5) is 4.30. The van der Waals surface area contributed by atoms with E-state index in [9.17, 15) is 10.2 Å². The third kappa shape index (κ3) is 3.20. The molecule has 29 heavy (non-hydrogen) atoms. The first kappa shape index (κ1) is 18.6. The van der Waals surface area contributed by atoms with Gasteiger partial charge in [0.1, 0.15) is 6.61 Å². The Balaban J connectivity index is 1.62. The molecule has 154 valence electrons. The van der Waals surface area contributed by atoms with Gasteiger partial charge in [-0.25, -0.2) is 4.52 Å². The van der Waals surface area contributed by atoms with Crippen molar-refractivity contribution in [2.75, 3.05) is 5.32 Å². The van der Waals surface area contributed by atoms with Crippen LogP contribution >= 0.6 is 0 Å². The van der Waals surface area contributed by atoms with Crippen LogP contribution in [0.4, 0.5) is 5.69 Å². The predicted octanol–water partition coefficient (Wildman–Crippen LogP) is 3.01. The zero-order valence-corrected chi connectivity index (χ0v) is 16.8. The molecule has 5 rings (SSSR count). The van der Waals surface area contributed by atoms with Gasteiger partial charge in [-0.15, -0.1) is 0 Å². The molecule has 0 amide bonds. The average Bonchev–Trinajstić information content (AvgIpc) is 3.28. The second-order valence-electron chi connectivity index (χ2n) is 9.28. The Morgan fingerprint density at radius 3 is 2.69 bits per heavy atom. The van der Waals surface area contributed by atoms with Crippen LogP contribution in [0.5, 0.6) is 0 Å². The Morgan fingerprint density at radius 1 is 1.24 bits per heavy atom. The summed E-state index contributed by atoms with van der Waals surface area (Å²) in [6.07, 6.45) is 8.06. The van der Waals surface area contributed by atoms with Crippen molar-refractivity contribution in [1.82, 2.24) is 19.8 Å². The average molecular weight is 397 g/mol. The Kier molecular flexibility index (Phi) is 4.18. The molecular weight excluding hydrogens is 370 g/mol. The van der Waals surface area contributed by atoms with Crippen LogP contribution in [-0.4, -0.2) is 41.1 Å². The van der Waals surface area contributed by atoms with Crippen molar-refractivity contribution in [3.8, 4) is 11.5 Å². The number of hydrogen-bond acceptors (Lipinski definition) is 7. The first-order valence-electron chi connectivity index (χ1n) is 10.3. The number of aromatic nitrogens is 4. The van der Waals surface area contributed by atoms with E-state index in [1.54, 1.807) is 6.20 Å². The van der Waals surface area contributed by atoms with Gasteiger partial charge in [0.05, 0.1) is 28.6 Å². The first-order valence-corrected chi connectivity index (χ1v) is 10.3. The second kappa shape index (κ2) is 6.53. The fourth-order valence-electron chi connectivity index (χ4n) is 5.99. The maximum atomic E-state index is 11.3. The quantitative estimate of drug-likeness (QED) is 0.621. The normalized spacial score (nSPS) is 31.9. The van der Waals surface area contributed by atoms with E-state index < -0.39 is 5.60 Å². The molecular formula is C21H27N5O3. The molecule has 0 aliphatic heterocycles. The molecule has 3 aromatic rings. The number of aliphatic hydroxyl groups is 2. The molecule has 2 saturated carbocycles. The largest absolute Gasteiger partial charge is 0.390 e. The van der Waals surface area contributed by atoms with Gasteiger partial charge in [0.25, 0.3) is 5.89 Å². The van der Waals surface area contributed by atoms with Gasteiger partial charge in [0.2, 0.25) is 0 Å². The SMILES string of the molecule is C[C@@H]1CC2(O)C[C@H](C)CC(Nc3c(-c4nc(CO)no4)cnn4cccc34)(C1)C2. The molecule has 2 unspecified atom stereocenters. The molecule has 8 heteroatoms. The third-order valence-corrected chi connectivity index (χ3v) is 6.40. The predicted molar refractivity (Wildman–Crippen MR) is 107 cm³/mol. The Morgan fingerprint density at radius 2 is 2.00 bits per heavy atom. The minimum atomic E-state index is -0.623. The molecule has 2 fully saturated rings. The number of rotatable bonds is 4. The fraction of sp³-hybridized carbons (Fsp3) is 0.571. The lowest BCUT2D eigenvalue weighted by atomic mass is 9.59. The van der Waals surface area contributed by atoms with Crippen LogP contribution in [0.2, 0.25) is 0 Å². The first-order chi connectivity index (χ1) is 13.9. The number of hydrogen-bond donors (Lipinski definition) is 3. The summed E-state index contributed by atoms with van der Waals surface area (Å²) < 4.78 is 7.22. The fourth-order valence-corrected chi connectivity index (χ4v) is 5.99. The van der Waals surface area contributed by atoms with E-state index in [2.05, 4.69) is 34.4 Å². The van der Waals surface area contributed by atoms with Crippen molar-refractivity contribution in [3.63, 3.8) is 0 Å². The maximum absolute atomic E-state index is 11.3. The lowest BCUT2D eigenvalue weighted by Crippen LogP contribution is -2.57. The highest BCUT2D eigenvalue weighted by atomic mass is 16.5. The zero-order valence-electron chi connectivity index (χ0n) is 16.8. The van der Waals surface area contributed by atoms with E-state index in [0.717, 1.165) is 43.3 Å². The van der Waals surface area contributed by atoms with E-state index in [1.165, 1.54) is 0 Å². The van der Waals surface area contributed by atoms with Crippen LogP contribution in [0.1, 0.15) is 51.8 Å². The number of aliphatic hydroxyl groups excluding tert-OH is 1. The highest BCUT2D eigenvalue weighted by Gasteiger charge is 2.51. The Bertz CT molecular complexity index is 1030. The number of nitrogens with one attached hydrogen (secondary N) is 1. The van der Waals surface area contributed by atoms with Crippen LogP contribution in [0.25, 0.3) is 17.0 Å². The topological polar surface area (TPSA) is 109 Å². The van der Waals surface area contributed by atoms with Crippen LogP contribution < -0.4 is 5.32 Å². The van der Waals surface area contributed by atoms with Crippen molar-refractivity contribution in [1.29, 1.82) is 0 Å².